The van der Waals surface area contributed by atoms with Crippen LogP contribution in [0.2, 0.25) is 20.1 Å². The Hall–Kier alpha value is -4.14. The summed E-state index contributed by atoms with van der Waals surface area (Å²) in [6.45, 7) is 2.54. The van der Waals surface area contributed by atoms with Crippen molar-refractivity contribution >= 4 is 87.6 Å². The second kappa shape index (κ2) is 13.2. The summed E-state index contributed by atoms with van der Waals surface area (Å²) in [7, 11) is 0. The molecule has 1 aliphatic heterocycles. The normalized spacial score (nSPS) is 15.9. The van der Waals surface area contributed by atoms with Crippen LogP contribution < -0.4 is 15.6 Å². The molecule has 13 nitrogen and oxygen atoms in total. The van der Waals surface area contributed by atoms with E-state index in [1.165, 1.54) is 60.8 Å². The minimum absolute atomic E-state index is 0.102. The van der Waals surface area contributed by atoms with Gasteiger partial charge in [-0.3, -0.25) is 25.0 Å². The van der Waals surface area contributed by atoms with Crippen molar-refractivity contribution in [2.75, 3.05) is 16.8 Å². The molecule has 3 aromatic rings. The molecule has 0 aromatic heterocycles. The average Bonchev–Trinajstić information content (AvgIpc) is 3.16. The molecule has 0 radical (unpaired) electrons. The molecule has 1 fully saturated rings. The van der Waals surface area contributed by atoms with Crippen LogP contribution >= 0.6 is 46.4 Å². The van der Waals surface area contributed by atoms with E-state index < -0.39 is 41.1 Å². The van der Waals surface area contributed by atoms with Gasteiger partial charge in [0.15, 0.2) is 6.17 Å². The Kier molecular flexibility index (Phi) is 9.86. The molecule has 0 saturated carbocycles. The number of hydrazone groups is 1. The van der Waals surface area contributed by atoms with Crippen LogP contribution in [0.4, 0.5) is 26.7 Å². The van der Waals surface area contributed by atoms with E-state index in [-0.39, 0.29) is 37.2 Å². The number of carbonyl (C=O) groups excluding carboxylic acids is 3. The van der Waals surface area contributed by atoms with Gasteiger partial charge in [0, 0.05) is 29.1 Å². The van der Waals surface area contributed by atoms with Crippen molar-refractivity contribution in [1.29, 1.82) is 0 Å². The number of carbonyl (C=O) groups is 3. The highest BCUT2D eigenvalue weighted by Crippen LogP contribution is 2.39. The van der Waals surface area contributed by atoms with Crippen LogP contribution in [0.25, 0.3) is 0 Å². The fourth-order valence-corrected chi connectivity index (χ4v) is 5.04. The Morgan fingerprint density at radius 3 is 2.34 bits per heavy atom. The number of rotatable bonds is 8. The van der Waals surface area contributed by atoms with Gasteiger partial charge in [0.05, 0.1) is 36.8 Å². The molecule has 17 heteroatoms. The van der Waals surface area contributed by atoms with Gasteiger partial charge in [0.25, 0.3) is 11.6 Å². The van der Waals surface area contributed by atoms with Crippen molar-refractivity contribution in [3.63, 3.8) is 0 Å². The van der Waals surface area contributed by atoms with Gasteiger partial charge in [0.1, 0.15) is 6.54 Å². The predicted molar refractivity (Wildman–Crippen MR) is 167 cm³/mol. The number of anilines is 2. The smallest absolute Gasteiger partial charge is 0.306 e. The topological polar surface area (TPSA) is 161 Å². The van der Waals surface area contributed by atoms with Crippen LogP contribution in [-0.4, -0.2) is 62.5 Å². The number of hydroxylamine groups is 2. The first-order valence-corrected chi connectivity index (χ1v) is 14.1. The van der Waals surface area contributed by atoms with E-state index in [0.29, 0.717) is 10.6 Å². The third-order valence-electron chi connectivity index (χ3n) is 6.59. The Labute approximate surface area is 270 Å². The molecule has 1 saturated heterocycles. The Morgan fingerprint density at radius 1 is 1.05 bits per heavy atom. The summed E-state index contributed by atoms with van der Waals surface area (Å²) in [6.07, 6.45) is -0.189. The minimum atomic E-state index is -1.39. The van der Waals surface area contributed by atoms with Crippen LogP contribution in [0.1, 0.15) is 19.4 Å². The van der Waals surface area contributed by atoms with Crippen molar-refractivity contribution in [3.05, 3.63) is 96.4 Å². The number of nitro groups is 1. The van der Waals surface area contributed by atoms with Crippen molar-refractivity contribution < 1.29 is 24.5 Å². The zero-order valence-electron chi connectivity index (χ0n) is 22.9. The van der Waals surface area contributed by atoms with Gasteiger partial charge in [-0.15, -0.1) is 0 Å². The van der Waals surface area contributed by atoms with Gasteiger partial charge in [-0.1, -0.05) is 58.5 Å². The van der Waals surface area contributed by atoms with Crippen LogP contribution in [0, 0.1) is 10.1 Å². The van der Waals surface area contributed by atoms with Crippen molar-refractivity contribution in [2.45, 2.75) is 25.6 Å². The van der Waals surface area contributed by atoms with Gasteiger partial charge >= 0.3 is 12.1 Å². The lowest BCUT2D eigenvalue weighted by atomic mass is 9.99. The van der Waals surface area contributed by atoms with E-state index >= 15 is 0 Å². The lowest BCUT2D eigenvalue weighted by Crippen LogP contribution is -2.58. The predicted octanol–water partition coefficient (Wildman–Crippen LogP) is 6.63. The molecule has 1 unspecified atom stereocenters. The molecular formula is C27H23Cl4N7O6. The summed E-state index contributed by atoms with van der Waals surface area (Å²) >= 11 is 24.3. The number of hydrogen-bond donors (Lipinski definition) is 3. The molecule has 230 valence electrons. The first-order chi connectivity index (χ1) is 20.7. The molecule has 0 spiro atoms. The monoisotopic (exact) mass is 681 g/mol. The number of nitrogens with one attached hydrogen (secondary N) is 2. The fraction of sp³-hybridized carbons (Fsp3) is 0.185. The maximum atomic E-state index is 13.8. The molecular weight excluding hydrogens is 660 g/mol. The van der Waals surface area contributed by atoms with E-state index in [1.807, 2.05) is 0 Å². The van der Waals surface area contributed by atoms with Crippen molar-refractivity contribution in [3.8, 4) is 0 Å². The molecule has 4 rings (SSSR count). The van der Waals surface area contributed by atoms with E-state index in [0.717, 1.165) is 9.80 Å². The fourth-order valence-electron chi connectivity index (χ4n) is 4.45. The number of nitro benzene ring substituents is 1. The van der Waals surface area contributed by atoms with Crippen molar-refractivity contribution in [1.82, 2.24) is 15.4 Å². The van der Waals surface area contributed by atoms with Gasteiger partial charge in [0.2, 0.25) is 0 Å². The summed E-state index contributed by atoms with van der Waals surface area (Å²) in [6, 6.07) is 12.4. The summed E-state index contributed by atoms with van der Waals surface area (Å²) in [5.74, 6) is -0.729. The number of non-ortho nitro benzene ring substituents is 1. The van der Waals surface area contributed by atoms with Crippen LogP contribution in [0.15, 0.2) is 65.8 Å². The molecule has 1 aliphatic rings. The second-order valence-electron chi connectivity index (χ2n) is 9.91. The SMILES string of the molecule is CC1(C)C(N(O)C(=O)Nc2ccc(Cl)c(Cl)c2)N(c2ccc(Cl)c(Cl)c2)C(=O)N1CC(=O)NN=Cc1cccc([N+](=O)[O-])c1. The van der Waals surface area contributed by atoms with Gasteiger partial charge in [-0.2, -0.15) is 10.2 Å². The van der Waals surface area contributed by atoms with Gasteiger partial charge in [-0.25, -0.2) is 15.0 Å². The van der Waals surface area contributed by atoms with E-state index in [9.17, 15) is 29.7 Å². The quantitative estimate of drug-likeness (QED) is 0.105. The Balaban J connectivity index is 1.60. The van der Waals surface area contributed by atoms with Gasteiger partial charge < -0.3 is 10.2 Å². The molecule has 5 amide bonds. The van der Waals surface area contributed by atoms with E-state index in [1.54, 1.807) is 19.9 Å². The zero-order chi connectivity index (χ0) is 32.3. The van der Waals surface area contributed by atoms with Crippen LogP contribution in [-0.2, 0) is 4.79 Å². The maximum absolute atomic E-state index is 13.8. The lowest BCUT2D eigenvalue weighted by molar-refractivity contribution is -0.384. The average molecular weight is 683 g/mol. The maximum Gasteiger partial charge on any atom is 0.347 e. The van der Waals surface area contributed by atoms with E-state index in [4.69, 9.17) is 46.4 Å². The first-order valence-electron chi connectivity index (χ1n) is 12.6. The highest BCUT2D eigenvalue weighted by atomic mass is 35.5. The first kappa shape index (κ1) is 32.8. The van der Waals surface area contributed by atoms with Crippen molar-refractivity contribution in [2.24, 2.45) is 5.10 Å². The zero-order valence-corrected chi connectivity index (χ0v) is 25.9. The highest BCUT2D eigenvalue weighted by molar-refractivity contribution is 6.42. The molecule has 1 heterocycles. The highest BCUT2D eigenvalue weighted by Gasteiger charge is 2.56. The Morgan fingerprint density at radius 2 is 1.70 bits per heavy atom. The molecule has 0 bridgehead atoms. The molecule has 44 heavy (non-hydrogen) atoms. The summed E-state index contributed by atoms with van der Waals surface area (Å²) in [5.41, 5.74) is 1.47. The number of nitrogens with zero attached hydrogens (tertiary/aromatic N) is 5. The standard InChI is InChI=1S/C27H23Cl4N7O6/c1-27(2)24(37(42)25(40)33-16-6-8-19(28)21(30)11-16)36(17-7-9-20(29)22(31)12-17)26(41)35(27)14-23(39)34-32-13-15-4-3-5-18(10-15)38(43)44/h3-13,24,42H,14H2,1-2H3,(H,33,40)(H,34,39). The summed E-state index contributed by atoms with van der Waals surface area (Å²) < 4.78 is 0. The Bertz CT molecular complexity index is 1670. The summed E-state index contributed by atoms with van der Waals surface area (Å²) in [5, 5.41) is 29.6. The molecule has 1 atom stereocenters. The number of urea groups is 2. The number of hydrogen-bond acceptors (Lipinski definition) is 7. The minimum Gasteiger partial charge on any atom is -0.306 e. The third-order valence-corrected chi connectivity index (χ3v) is 8.06. The molecule has 3 aromatic carbocycles. The molecule has 0 aliphatic carbocycles. The van der Waals surface area contributed by atoms with Crippen LogP contribution in [0.5, 0.6) is 0 Å². The van der Waals surface area contributed by atoms with Gasteiger partial charge in [-0.05, 0) is 50.2 Å². The number of benzene rings is 3. The van der Waals surface area contributed by atoms with Crippen LogP contribution in [0.3, 0.4) is 0 Å². The third kappa shape index (κ3) is 6.98. The molecule has 3 N–H and O–H groups in total. The van der Waals surface area contributed by atoms with E-state index in [2.05, 4.69) is 15.8 Å². The lowest BCUT2D eigenvalue weighted by Gasteiger charge is -2.38. The number of halogens is 4. The second-order valence-corrected chi connectivity index (χ2v) is 11.5. The summed E-state index contributed by atoms with van der Waals surface area (Å²) in [4.78, 5) is 52.6. The largest absolute Gasteiger partial charge is 0.347 e. The number of amides is 5.